The van der Waals surface area contributed by atoms with Gasteiger partial charge in [0, 0.05) is 6.07 Å². The second-order valence-corrected chi connectivity index (χ2v) is 2.31. The van der Waals surface area contributed by atoms with Crippen molar-refractivity contribution in [3.05, 3.63) is 29.6 Å². The molecule has 1 rings (SSSR count). The standard InChI is InChI=1S/C6H7N3OS/c7-6(11)8-5-3-1-2-4-9(5)10/h1-4H,(H3,7,8,11). The smallest absolute Gasteiger partial charge is 0.329 e. The SMILES string of the molecule is NC(S)=Nc1cccc[n+]1[O-]. The van der Waals surface area contributed by atoms with Crippen molar-refractivity contribution in [2.75, 3.05) is 0 Å². The highest BCUT2D eigenvalue weighted by molar-refractivity contribution is 7.96. The predicted octanol–water partition coefficient (Wildman–Crippen LogP) is 0.196. The van der Waals surface area contributed by atoms with Crippen LogP contribution in [-0.4, -0.2) is 5.17 Å². The van der Waals surface area contributed by atoms with Crippen molar-refractivity contribution < 1.29 is 4.73 Å². The summed E-state index contributed by atoms with van der Waals surface area (Å²) >= 11 is 3.73. The van der Waals surface area contributed by atoms with E-state index in [-0.39, 0.29) is 11.0 Å². The first-order valence-corrected chi connectivity index (χ1v) is 3.36. The fourth-order valence-electron chi connectivity index (χ4n) is 0.623. The Balaban J connectivity index is 3.04. The molecule has 0 aliphatic rings. The Bertz CT molecular complexity index is 283. The number of thiol groups is 1. The molecule has 58 valence electrons. The highest BCUT2D eigenvalue weighted by Crippen LogP contribution is 2.02. The second-order valence-electron chi connectivity index (χ2n) is 1.85. The number of nitrogens with zero attached hydrogens (tertiary/aromatic N) is 2. The van der Waals surface area contributed by atoms with Crippen molar-refractivity contribution in [2.24, 2.45) is 10.7 Å². The average Bonchev–Trinajstić information content (AvgIpc) is 1.93. The van der Waals surface area contributed by atoms with Gasteiger partial charge < -0.3 is 10.9 Å². The summed E-state index contributed by atoms with van der Waals surface area (Å²) in [5.74, 6) is 0.236. The molecule has 0 aliphatic heterocycles. The summed E-state index contributed by atoms with van der Waals surface area (Å²) in [6, 6.07) is 4.86. The van der Waals surface area contributed by atoms with E-state index < -0.39 is 0 Å². The van der Waals surface area contributed by atoms with Crippen molar-refractivity contribution >= 4 is 23.6 Å². The Labute approximate surface area is 69.4 Å². The van der Waals surface area contributed by atoms with E-state index in [9.17, 15) is 5.21 Å². The Hall–Kier alpha value is -1.23. The minimum atomic E-state index is 0.0702. The third kappa shape index (κ3) is 2.12. The Morgan fingerprint density at radius 2 is 2.36 bits per heavy atom. The van der Waals surface area contributed by atoms with Crippen molar-refractivity contribution in [3.63, 3.8) is 0 Å². The molecule has 5 heteroatoms. The number of amidine groups is 1. The van der Waals surface area contributed by atoms with Crippen LogP contribution < -0.4 is 10.5 Å². The Kier molecular flexibility index (Phi) is 2.32. The summed E-state index contributed by atoms with van der Waals surface area (Å²) in [6.07, 6.45) is 1.34. The van der Waals surface area contributed by atoms with Crippen molar-refractivity contribution in [1.29, 1.82) is 0 Å². The summed E-state index contributed by atoms with van der Waals surface area (Å²) in [5.41, 5.74) is 5.16. The maximum atomic E-state index is 10.9. The van der Waals surface area contributed by atoms with E-state index in [0.29, 0.717) is 4.73 Å². The molecular formula is C6H7N3OS. The molecule has 0 fully saturated rings. The fraction of sp³-hybridized carbons (Fsp3) is 0. The van der Waals surface area contributed by atoms with Gasteiger partial charge in [-0.3, -0.25) is 0 Å². The van der Waals surface area contributed by atoms with Crippen LogP contribution in [0.15, 0.2) is 29.4 Å². The molecule has 4 nitrogen and oxygen atoms in total. The third-order valence-electron chi connectivity index (χ3n) is 1.03. The average molecular weight is 169 g/mol. The van der Waals surface area contributed by atoms with Crippen molar-refractivity contribution in [2.45, 2.75) is 0 Å². The maximum absolute atomic E-state index is 10.9. The van der Waals surface area contributed by atoms with Gasteiger partial charge in [0.15, 0.2) is 0 Å². The van der Waals surface area contributed by atoms with Gasteiger partial charge in [-0.2, -0.15) is 0 Å². The molecular weight excluding hydrogens is 162 g/mol. The highest BCUT2D eigenvalue weighted by Gasteiger charge is 2.00. The van der Waals surface area contributed by atoms with Gasteiger partial charge in [0.05, 0.1) is 6.20 Å². The van der Waals surface area contributed by atoms with E-state index in [1.54, 1.807) is 18.2 Å². The Morgan fingerprint density at radius 1 is 1.64 bits per heavy atom. The second kappa shape index (κ2) is 3.25. The summed E-state index contributed by atoms with van der Waals surface area (Å²) in [5, 5.41) is 10.9. The Morgan fingerprint density at radius 3 is 2.91 bits per heavy atom. The molecule has 0 aliphatic carbocycles. The van der Waals surface area contributed by atoms with Crippen LogP contribution in [0.3, 0.4) is 0 Å². The highest BCUT2D eigenvalue weighted by atomic mass is 32.1. The van der Waals surface area contributed by atoms with Crippen molar-refractivity contribution in [3.8, 4) is 0 Å². The molecule has 0 bridgehead atoms. The fourth-order valence-corrected chi connectivity index (χ4v) is 0.726. The summed E-state index contributed by atoms with van der Waals surface area (Å²) in [6.45, 7) is 0. The first-order chi connectivity index (χ1) is 5.20. The zero-order valence-corrected chi connectivity index (χ0v) is 6.53. The van der Waals surface area contributed by atoms with E-state index in [1.165, 1.54) is 6.20 Å². The zero-order chi connectivity index (χ0) is 8.27. The van der Waals surface area contributed by atoms with Gasteiger partial charge in [0.25, 0.3) is 5.17 Å². The number of pyridine rings is 1. The number of rotatable bonds is 1. The van der Waals surface area contributed by atoms with Crippen LogP contribution in [0.5, 0.6) is 0 Å². The molecule has 11 heavy (non-hydrogen) atoms. The first kappa shape index (κ1) is 7.87. The molecule has 2 N–H and O–H groups in total. The van der Waals surface area contributed by atoms with E-state index in [2.05, 4.69) is 17.6 Å². The lowest BCUT2D eigenvalue weighted by atomic mass is 10.5. The van der Waals surface area contributed by atoms with E-state index >= 15 is 0 Å². The third-order valence-corrected chi connectivity index (χ3v) is 1.13. The van der Waals surface area contributed by atoms with Gasteiger partial charge >= 0.3 is 5.82 Å². The summed E-state index contributed by atoms with van der Waals surface area (Å²) < 4.78 is 0.614. The zero-order valence-electron chi connectivity index (χ0n) is 5.64. The normalized spacial score (nSPS) is 11.5. The molecule has 0 atom stereocenters. The summed E-state index contributed by atoms with van der Waals surface area (Å²) in [7, 11) is 0. The van der Waals surface area contributed by atoms with Crippen LogP contribution in [-0.2, 0) is 0 Å². The van der Waals surface area contributed by atoms with Gasteiger partial charge in [0.1, 0.15) is 0 Å². The van der Waals surface area contributed by atoms with E-state index in [0.717, 1.165) is 0 Å². The maximum Gasteiger partial charge on any atom is 0.329 e. The molecule has 1 aromatic rings. The van der Waals surface area contributed by atoms with Gasteiger partial charge in [0.2, 0.25) is 0 Å². The van der Waals surface area contributed by atoms with Crippen molar-refractivity contribution in [1.82, 2.24) is 0 Å². The number of nitrogens with two attached hydrogens (primary N) is 1. The van der Waals surface area contributed by atoms with Crippen LogP contribution in [0.2, 0.25) is 0 Å². The number of aliphatic imine (C=N–C) groups is 1. The molecule has 0 saturated carbocycles. The van der Waals surface area contributed by atoms with Gasteiger partial charge in [-0.05, 0) is 11.1 Å². The molecule has 1 aromatic heterocycles. The van der Waals surface area contributed by atoms with Crippen LogP contribution in [0.4, 0.5) is 5.82 Å². The molecule has 0 unspecified atom stereocenters. The van der Waals surface area contributed by atoms with Crippen LogP contribution in [0, 0.1) is 5.21 Å². The number of hydrogen-bond acceptors (Lipinski definition) is 2. The minimum Gasteiger partial charge on any atom is -0.710 e. The van der Waals surface area contributed by atoms with E-state index in [1.807, 2.05) is 0 Å². The van der Waals surface area contributed by atoms with E-state index in [4.69, 9.17) is 5.73 Å². The first-order valence-electron chi connectivity index (χ1n) is 2.91. The lowest BCUT2D eigenvalue weighted by Crippen LogP contribution is -2.25. The molecule has 0 spiro atoms. The number of aromatic nitrogens is 1. The quantitative estimate of drug-likeness (QED) is 0.207. The van der Waals surface area contributed by atoms with Gasteiger partial charge in [-0.15, -0.1) is 0 Å². The topological polar surface area (TPSA) is 65.3 Å². The molecule has 0 amide bonds. The number of hydrogen-bond donors (Lipinski definition) is 2. The molecule has 0 aromatic carbocycles. The van der Waals surface area contributed by atoms with Crippen LogP contribution >= 0.6 is 12.6 Å². The monoisotopic (exact) mass is 169 g/mol. The lowest BCUT2D eigenvalue weighted by Gasteiger charge is -2.00. The lowest BCUT2D eigenvalue weighted by molar-refractivity contribution is -0.591. The molecule has 0 saturated heterocycles. The predicted molar refractivity (Wildman–Crippen MR) is 45.7 cm³/mol. The van der Waals surface area contributed by atoms with Gasteiger partial charge in [-0.25, -0.2) is 4.73 Å². The van der Waals surface area contributed by atoms with Crippen LogP contribution in [0.25, 0.3) is 0 Å². The van der Waals surface area contributed by atoms with Gasteiger partial charge in [-0.1, -0.05) is 18.7 Å². The minimum absolute atomic E-state index is 0.0702. The summed E-state index contributed by atoms with van der Waals surface area (Å²) in [4.78, 5) is 3.67. The largest absolute Gasteiger partial charge is 0.710 e. The van der Waals surface area contributed by atoms with Crippen LogP contribution in [0.1, 0.15) is 0 Å². The molecule has 0 radical (unpaired) electrons. The molecule has 1 heterocycles.